The second-order valence-corrected chi connectivity index (χ2v) is 9.94. The maximum atomic E-state index is 13.1. The number of nitrogens with zero attached hydrogens (tertiary/aromatic N) is 2. The molecule has 5 heteroatoms. The van der Waals surface area contributed by atoms with Crippen LogP contribution < -0.4 is 4.74 Å². The Hall–Kier alpha value is -1.98. The van der Waals surface area contributed by atoms with Gasteiger partial charge in [0.05, 0.1) is 7.11 Å². The summed E-state index contributed by atoms with van der Waals surface area (Å²) in [7, 11) is 1.69. The van der Waals surface area contributed by atoms with Crippen molar-refractivity contribution in [2.75, 3.05) is 32.5 Å². The van der Waals surface area contributed by atoms with Gasteiger partial charge in [0.15, 0.2) is 0 Å². The standard InChI is InChI=1S/C26H34N2O2S/c1-20-19-31-25-9-8-24(30-2)17-23(25)18-28(20)26(29)12-15-27-13-10-22(11-14-27)16-21-6-4-3-5-7-21/h3-9,17,20,22H,10-16,18-19H2,1-2H3/t20-/m1/s1. The number of fused-ring (bicyclic) bond motifs is 1. The molecule has 166 valence electrons. The van der Waals surface area contributed by atoms with E-state index in [-0.39, 0.29) is 11.9 Å². The number of amides is 1. The number of ether oxygens (including phenoxy) is 1. The predicted octanol–water partition coefficient (Wildman–Crippen LogP) is 4.86. The maximum absolute atomic E-state index is 13.1. The van der Waals surface area contributed by atoms with Crippen molar-refractivity contribution in [2.24, 2.45) is 5.92 Å². The molecule has 1 saturated heterocycles. The average Bonchev–Trinajstić information content (AvgIpc) is 2.97. The van der Waals surface area contributed by atoms with E-state index in [1.807, 2.05) is 17.8 Å². The van der Waals surface area contributed by atoms with Crippen LogP contribution in [0.2, 0.25) is 0 Å². The van der Waals surface area contributed by atoms with Gasteiger partial charge in [0, 0.05) is 36.2 Å². The Kier molecular flexibility index (Phi) is 7.57. The highest BCUT2D eigenvalue weighted by Crippen LogP contribution is 2.33. The highest BCUT2D eigenvalue weighted by Gasteiger charge is 2.26. The van der Waals surface area contributed by atoms with E-state index in [2.05, 4.69) is 59.2 Å². The van der Waals surface area contributed by atoms with E-state index in [9.17, 15) is 4.79 Å². The number of hydrogen-bond donors (Lipinski definition) is 0. The van der Waals surface area contributed by atoms with E-state index in [0.29, 0.717) is 13.0 Å². The summed E-state index contributed by atoms with van der Waals surface area (Å²) in [5.41, 5.74) is 2.64. The Bertz CT molecular complexity index is 865. The van der Waals surface area contributed by atoms with Crippen molar-refractivity contribution in [1.82, 2.24) is 9.80 Å². The molecule has 0 spiro atoms. The van der Waals surface area contributed by atoms with Crippen molar-refractivity contribution < 1.29 is 9.53 Å². The first-order chi connectivity index (χ1) is 15.1. The van der Waals surface area contributed by atoms with Gasteiger partial charge in [0.25, 0.3) is 0 Å². The summed E-state index contributed by atoms with van der Waals surface area (Å²) in [6.45, 7) is 5.94. The molecule has 1 atom stereocenters. The summed E-state index contributed by atoms with van der Waals surface area (Å²) < 4.78 is 5.40. The minimum Gasteiger partial charge on any atom is -0.497 e. The highest BCUT2D eigenvalue weighted by molar-refractivity contribution is 7.99. The zero-order valence-corrected chi connectivity index (χ0v) is 19.6. The van der Waals surface area contributed by atoms with Gasteiger partial charge in [-0.1, -0.05) is 30.3 Å². The Morgan fingerprint density at radius 1 is 1.13 bits per heavy atom. The van der Waals surface area contributed by atoms with Crippen LogP contribution in [0.4, 0.5) is 0 Å². The minimum atomic E-state index is 0.243. The first-order valence-corrected chi connectivity index (χ1v) is 12.5. The van der Waals surface area contributed by atoms with Crippen molar-refractivity contribution in [2.45, 2.75) is 50.1 Å². The van der Waals surface area contributed by atoms with Gasteiger partial charge in [0.1, 0.15) is 5.75 Å². The van der Waals surface area contributed by atoms with Crippen LogP contribution in [0.15, 0.2) is 53.4 Å². The monoisotopic (exact) mass is 438 g/mol. The number of carbonyl (C=O) groups is 1. The number of hydrogen-bond acceptors (Lipinski definition) is 4. The molecule has 2 aromatic rings. The molecule has 2 aliphatic rings. The molecule has 0 aliphatic carbocycles. The normalized spacial score (nSPS) is 20.2. The van der Waals surface area contributed by atoms with Gasteiger partial charge in [-0.15, -0.1) is 11.8 Å². The van der Waals surface area contributed by atoms with Crippen LogP contribution in [0, 0.1) is 5.92 Å². The van der Waals surface area contributed by atoms with Gasteiger partial charge in [0.2, 0.25) is 5.91 Å². The zero-order valence-electron chi connectivity index (χ0n) is 18.8. The summed E-state index contributed by atoms with van der Waals surface area (Å²) >= 11 is 1.85. The number of likely N-dealkylation sites (tertiary alicyclic amines) is 1. The largest absolute Gasteiger partial charge is 0.497 e. The van der Waals surface area contributed by atoms with Crippen LogP contribution in [0.5, 0.6) is 5.75 Å². The van der Waals surface area contributed by atoms with Gasteiger partial charge < -0.3 is 14.5 Å². The predicted molar refractivity (Wildman–Crippen MR) is 128 cm³/mol. The highest BCUT2D eigenvalue weighted by atomic mass is 32.2. The number of methoxy groups -OCH3 is 1. The van der Waals surface area contributed by atoms with E-state index < -0.39 is 0 Å². The summed E-state index contributed by atoms with van der Waals surface area (Å²) in [4.78, 5) is 18.9. The van der Waals surface area contributed by atoms with E-state index in [4.69, 9.17) is 4.74 Å². The molecule has 0 saturated carbocycles. The topological polar surface area (TPSA) is 32.8 Å². The Balaban J connectivity index is 1.27. The molecule has 2 aliphatic heterocycles. The number of piperidine rings is 1. The lowest BCUT2D eigenvalue weighted by Gasteiger charge is -2.33. The van der Waals surface area contributed by atoms with Crippen LogP contribution in [0.3, 0.4) is 0 Å². The van der Waals surface area contributed by atoms with Gasteiger partial charge in [-0.2, -0.15) is 0 Å². The van der Waals surface area contributed by atoms with Crippen LogP contribution >= 0.6 is 11.8 Å². The third-order valence-corrected chi connectivity index (χ3v) is 8.02. The lowest BCUT2D eigenvalue weighted by molar-refractivity contribution is -0.133. The third-order valence-electron chi connectivity index (χ3n) is 6.66. The molecule has 1 amide bonds. The number of carbonyl (C=O) groups excluding carboxylic acids is 1. The first kappa shape index (κ1) is 22.2. The SMILES string of the molecule is COc1ccc2c(c1)CN(C(=O)CCN1CCC(Cc3ccccc3)CC1)[C@H](C)CS2. The zero-order chi connectivity index (χ0) is 21.6. The first-order valence-electron chi connectivity index (χ1n) is 11.5. The van der Waals surface area contributed by atoms with E-state index in [1.165, 1.54) is 35.3 Å². The molecule has 0 bridgehead atoms. The molecule has 31 heavy (non-hydrogen) atoms. The number of thioether (sulfide) groups is 1. The molecule has 0 unspecified atom stereocenters. The van der Waals surface area contributed by atoms with Crippen LogP contribution in [-0.2, 0) is 17.8 Å². The smallest absolute Gasteiger partial charge is 0.224 e. The summed E-state index contributed by atoms with van der Waals surface area (Å²) in [5, 5.41) is 0. The van der Waals surface area contributed by atoms with Crippen molar-refractivity contribution in [1.29, 1.82) is 0 Å². The summed E-state index contributed by atoms with van der Waals surface area (Å²) in [5.74, 6) is 2.84. The van der Waals surface area contributed by atoms with Crippen molar-refractivity contribution in [3.8, 4) is 5.75 Å². The van der Waals surface area contributed by atoms with Gasteiger partial charge >= 0.3 is 0 Å². The number of rotatable bonds is 6. The number of benzene rings is 2. The average molecular weight is 439 g/mol. The molecule has 4 rings (SSSR count). The van der Waals surface area contributed by atoms with E-state index in [1.54, 1.807) is 7.11 Å². The second-order valence-electron chi connectivity index (χ2n) is 8.88. The molecule has 4 nitrogen and oxygen atoms in total. The third kappa shape index (κ3) is 5.83. The van der Waals surface area contributed by atoms with E-state index >= 15 is 0 Å². The molecular weight excluding hydrogens is 404 g/mol. The minimum absolute atomic E-state index is 0.243. The van der Waals surface area contributed by atoms with Crippen molar-refractivity contribution >= 4 is 17.7 Å². The van der Waals surface area contributed by atoms with E-state index in [0.717, 1.165) is 37.1 Å². The lowest BCUT2D eigenvalue weighted by Crippen LogP contribution is -2.41. The molecule has 0 aromatic heterocycles. The summed E-state index contributed by atoms with van der Waals surface area (Å²) in [6.07, 6.45) is 4.25. The molecular formula is C26H34N2O2S. The van der Waals surface area contributed by atoms with Crippen LogP contribution in [-0.4, -0.2) is 54.2 Å². The van der Waals surface area contributed by atoms with Gasteiger partial charge in [-0.05, 0) is 74.5 Å². The Morgan fingerprint density at radius 3 is 2.65 bits per heavy atom. The fraction of sp³-hybridized carbons (Fsp3) is 0.500. The van der Waals surface area contributed by atoms with Crippen LogP contribution in [0.25, 0.3) is 0 Å². The molecule has 0 N–H and O–H groups in total. The Morgan fingerprint density at radius 2 is 1.90 bits per heavy atom. The van der Waals surface area contributed by atoms with Gasteiger partial charge in [-0.25, -0.2) is 0 Å². The second kappa shape index (κ2) is 10.6. The Labute approximate surface area is 191 Å². The lowest BCUT2D eigenvalue weighted by atomic mass is 9.90. The van der Waals surface area contributed by atoms with Crippen molar-refractivity contribution in [3.05, 3.63) is 59.7 Å². The summed E-state index contributed by atoms with van der Waals surface area (Å²) in [6, 6.07) is 17.3. The van der Waals surface area contributed by atoms with Crippen LogP contribution in [0.1, 0.15) is 37.3 Å². The maximum Gasteiger partial charge on any atom is 0.224 e. The molecule has 2 aromatic carbocycles. The fourth-order valence-electron chi connectivity index (χ4n) is 4.68. The quantitative estimate of drug-likeness (QED) is 0.645. The van der Waals surface area contributed by atoms with Crippen molar-refractivity contribution in [3.63, 3.8) is 0 Å². The fourth-order valence-corrected chi connectivity index (χ4v) is 5.75. The van der Waals surface area contributed by atoms with Gasteiger partial charge in [-0.3, -0.25) is 4.79 Å². The molecule has 1 fully saturated rings. The molecule has 2 heterocycles. The molecule has 0 radical (unpaired) electrons.